The van der Waals surface area contributed by atoms with Crippen LogP contribution in [-0.4, -0.2) is 30.0 Å². The average Bonchev–Trinajstić information content (AvgIpc) is 3.29. The van der Waals surface area contributed by atoms with Crippen LogP contribution in [0.1, 0.15) is 29.0 Å². The van der Waals surface area contributed by atoms with E-state index in [4.69, 9.17) is 0 Å². The largest absolute Gasteiger partial charge is 0.344 e. The number of carbonyl (C=O) groups is 2. The molecule has 1 saturated heterocycles. The number of fused-ring (bicyclic) bond motifs is 1. The third-order valence-electron chi connectivity index (χ3n) is 4.41. The molecule has 2 aromatic heterocycles. The summed E-state index contributed by atoms with van der Waals surface area (Å²) in [6.45, 7) is 3.23. The maximum absolute atomic E-state index is 12.6. The van der Waals surface area contributed by atoms with Crippen LogP contribution in [0, 0.1) is 0 Å². The fraction of sp³-hybridized carbons (Fsp3) is 0.222. The molecule has 26 heavy (non-hydrogen) atoms. The van der Waals surface area contributed by atoms with Crippen LogP contribution in [0.5, 0.6) is 0 Å². The Balaban J connectivity index is 1.50. The van der Waals surface area contributed by atoms with E-state index in [1.54, 1.807) is 16.2 Å². The van der Waals surface area contributed by atoms with E-state index in [1.807, 2.05) is 43.3 Å². The number of rotatable bonds is 4. The SMILES string of the molecule is CC(NC(=O)c1cc2cc(Br)sc2[nH]1)c1cccc(N2CCNC2=O)c1. The van der Waals surface area contributed by atoms with E-state index in [0.29, 0.717) is 18.8 Å². The van der Waals surface area contributed by atoms with Gasteiger partial charge >= 0.3 is 6.03 Å². The van der Waals surface area contributed by atoms with Gasteiger partial charge in [-0.1, -0.05) is 12.1 Å². The summed E-state index contributed by atoms with van der Waals surface area (Å²) in [4.78, 5) is 30.2. The highest BCUT2D eigenvalue weighted by Crippen LogP contribution is 2.30. The second kappa shape index (κ2) is 6.77. The molecule has 1 aromatic carbocycles. The zero-order valence-electron chi connectivity index (χ0n) is 14.0. The lowest BCUT2D eigenvalue weighted by Crippen LogP contribution is -2.29. The van der Waals surface area contributed by atoms with Gasteiger partial charge in [-0.05, 0) is 52.7 Å². The molecule has 0 radical (unpaired) electrons. The number of carbonyl (C=O) groups excluding carboxylic acids is 2. The fourth-order valence-electron chi connectivity index (χ4n) is 3.05. The number of hydrogen-bond acceptors (Lipinski definition) is 3. The minimum atomic E-state index is -0.179. The van der Waals surface area contributed by atoms with E-state index in [9.17, 15) is 9.59 Å². The summed E-state index contributed by atoms with van der Waals surface area (Å²) < 4.78 is 1.03. The molecular formula is C18H17BrN4O2S. The molecule has 1 unspecified atom stereocenters. The number of benzene rings is 1. The van der Waals surface area contributed by atoms with Crippen molar-refractivity contribution in [3.05, 3.63) is 51.4 Å². The van der Waals surface area contributed by atoms with Crippen LogP contribution in [-0.2, 0) is 0 Å². The number of aromatic nitrogens is 1. The summed E-state index contributed by atoms with van der Waals surface area (Å²) >= 11 is 5.00. The molecule has 134 valence electrons. The molecule has 3 heterocycles. The number of amides is 3. The average molecular weight is 433 g/mol. The van der Waals surface area contributed by atoms with Crippen molar-refractivity contribution in [2.75, 3.05) is 18.0 Å². The standard InChI is InChI=1S/C18H17BrN4O2S/c1-10(11-3-2-4-13(7-11)23-6-5-20-18(23)25)21-16(24)14-8-12-9-15(19)26-17(12)22-14/h2-4,7-10,22H,5-6H2,1H3,(H,20,25)(H,21,24). The van der Waals surface area contributed by atoms with Gasteiger partial charge in [0.25, 0.3) is 5.91 Å². The lowest BCUT2D eigenvalue weighted by Gasteiger charge is -2.18. The van der Waals surface area contributed by atoms with Gasteiger partial charge in [0.15, 0.2) is 0 Å². The number of anilines is 1. The molecule has 0 spiro atoms. The van der Waals surface area contributed by atoms with Crippen molar-refractivity contribution in [3.8, 4) is 0 Å². The van der Waals surface area contributed by atoms with Crippen molar-refractivity contribution in [2.45, 2.75) is 13.0 Å². The smallest absolute Gasteiger partial charge is 0.321 e. The zero-order chi connectivity index (χ0) is 18.3. The third kappa shape index (κ3) is 3.22. The molecule has 1 atom stereocenters. The Morgan fingerprint density at radius 2 is 2.19 bits per heavy atom. The van der Waals surface area contributed by atoms with Crippen molar-refractivity contribution < 1.29 is 9.59 Å². The van der Waals surface area contributed by atoms with Crippen molar-refractivity contribution >= 4 is 55.1 Å². The van der Waals surface area contributed by atoms with Gasteiger partial charge in [0.05, 0.1) is 9.83 Å². The van der Waals surface area contributed by atoms with Crippen molar-refractivity contribution in [3.63, 3.8) is 0 Å². The van der Waals surface area contributed by atoms with E-state index in [1.165, 1.54) is 0 Å². The number of thiophene rings is 1. The molecule has 1 aliphatic heterocycles. The first-order chi connectivity index (χ1) is 12.5. The van der Waals surface area contributed by atoms with Crippen LogP contribution < -0.4 is 15.5 Å². The molecule has 3 aromatic rings. The predicted octanol–water partition coefficient (Wildman–Crippen LogP) is 4.01. The maximum atomic E-state index is 12.6. The lowest BCUT2D eigenvalue weighted by atomic mass is 10.1. The first-order valence-corrected chi connectivity index (χ1v) is 9.86. The van der Waals surface area contributed by atoms with Gasteiger partial charge in [-0.2, -0.15) is 0 Å². The molecule has 4 rings (SSSR count). The van der Waals surface area contributed by atoms with E-state index in [2.05, 4.69) is 31.5 Å². The molecule has 1 aliphatic rings. The van der Waals surface area contributed by atoms with Gasteiger partial charge in [-0.3, -0.25) is 9.69 Å². The van der Waals surface area contributed by atoms with Gasteiger partial charge < -0.3 is 15.6 Å². The van der Waals surface area contributed by atoms with Crippen molar-refractivity contribution in [2.24, 2.45) is 0 Å². The molecule has 6 nitrogen and oxygen atoms in total. The number of nitrogens with zero attached hydrogens (tertiary/aromatic N) is 1. The molecule has 0 bridgehead atoms. The Kier molecular flexibility index (Phi) is 4.46. The summed E-state index contributed by atoms with van der Waals surface area (Å²) in [7, 11) is 0. The molecule has 0 aliphatic carbocycles. The highest BCUT2D eigenvalue weighted by molar-refractivity contribution is 9.11. The summed E-state index contributed by atoms with van der Waals surface area (Å²) in [5, 5.41) is 6.82. The number of nitrogens with one attached hydrogen (secondary N) is 3. The summed E-state index contributed by atoms with van der Waals surface area (Å²) in [6.07, 6.45) is 0. The van der Waals surface area contributed by atoms with Crippen molar-refractivity contribution in [1.82, 2.24) is 15.6 Å². The fourth-order valence-corrected chi connectivity index (χ4v) is 4.56. The summed E-state index contributed by atoms with van der Waals surface area (Å²) in [6, 6.07) is 11.3. The lowest BCUT2D eigenvalue weighted by molar-refractivity contribution is 0.0935. The topological polar surface area (TPSA) is 77.2 Å². The second-order valence-corrected chi connectivity index (χ2v) is 8.62. The monoisotopic (exact) mass is 432 g/mol. The van der Waals surface area contributed by atoms with Gasteiger partial charge in [0.2, 0.25) is 0 Å². The Morgan fingerprint density at radius 3 is 2.92 bits per heavy atom. The summed E-state index contributed by atoms with van der Waals surface area (Å²) in [5.74, 6) is -0.152. The number of halogens is 1. The predicted molar refractivity (Wildman–Crippen MR) is 107 cm³/mol. The molecule has 0 saturated carbocycles. The van der Waals surface area contributed by atoms with Crippen molar-refractivity contribution in [1.29, 1.82) is 0 Å². The summed E-state index contributed by atoms with van der Waals surface area (Å²) in [5.41, 5.74) is 2.33. The normalized spacial score (nSPS) is 15.3. The first-order valence-electron chi connectivity index (χ1n) is 8.25. The second-order valence-electron chi connectivity index (χ2n) is 6.19. The molecule has 3 N–H and O–H groups in total. The van der Waals surface area contributed by atoms with Crippen LogP contribution in [0.2, 0.25) is 0 Å². The van der Waals surface area contributed by atoms with Crippen LogP contribution in [0.25, 0.3) is 10.2 Å². The van der Waals surface area contributed by atoms with E-state index < -0.39 is 0 Å². The Bertz CT molecular complexity index is 965. The Hall–Kier alpha value is -2.32. The van der Waals surface area contributed by atoms with E-state index in [-0.39, 0.29) is 18.0 Å². The maximum Gasteiger partial charge on any atom is 0.321 e. The highest BCUT2D eigenvalue weighted by atomic mass is 79.9. The zero-order valence-corrected chi connectivity index (χ0v) is 16.4. The minimum absolute atomic E-state index is 0.0866. The Labute approximate surface area is 162 Å². The van der Waals surface area contributed by atoms with Gasteiger partial charge in [-0.25, -0.2) is 4.79 Å². The third-order valence-corrected chi connectivity index (χ3v) is 5.98. The van der Waals surface area contributed by atoms with Crippen LogP contribution in [0.4, 0.5) is 10.5 Å². The van der Waals surface area contributed by atoms with Crippen LogP contribution >= 0.6 is 27.3 Å². The Morgan fingerprint density at radius 1 is 1.35 bits per heavy atom. The molecule has 1 fully saturated rings. The number of H-pyrrole nitrogens is 1. The molecular weight excluding hydrogens is 416 g/mol. The van der Waals surface area contributed by atoms with E-state index in [0.717, 1.165) is 25.3 Å². The van der Waals surface area contributed by atoms with E-state index >= 15 is 0 Å². The quantitative estimate of drug-likeness (QED) is 0.582. The highest BCUT2D eigenvalue weighted by Gasteiger charge is 2.22. The number of urea groups is 1. The molecule has 8 heteroatoms. The first kappa shape index (κ1) is 17.1. The number of hydrogen-bond donors (Lipinski definition) is 3. The van der Waals surface area contributed by atoms with Gasteiger partial charge in [-0.15, -0.1) is 11.3 Å². The minimum Gasteiger partial charge on any atom is -0.344 e. The molecule has 3 amide bonds. The van der Waals surface area contributed by atoms with Crippen LogP contribution in [0.3, 0.4) is 0 Å². The van der Waals surface area contributed by atoms with Crippen LogP contribution in [0.15, 0.2) is 40.2 Å². The number of aromatic amines is 1. The van der Waals surface area contributed by atoms with Gasteiger partial charge in [0.1, 0.15) is 10.5 Å². The van der Waals surface area contributed by atoms with Gasteiger partial charge in [0, 0.05) is 24.2 Å².